The maximum Gasteiger partial charge on any atom is 0.252 e. The third-order valence-electron chi connectivity index (χ3n) is 3.93. The molecule has 3 rings (SSSR count). The van der Waals surface area contributed by atoms with Crippen LogP contribution in [0.1, 0.15) is 16.8 Å². The molecule has 114 valence electrons. The minimum Gasteiger partial charge on any atom is -0.371 e. The highest BCUT2D eigenvalue weighted by Crippen LogP contribution is 2.23. The van der Waals surface area contributed by atoms with Gasteiger partial charge in [0, 0.05) is 42.2 Å². The first-order valence-corrected chi connectivity index (χ1v) is 8.20. The fourth-order valence-electron chi connectivity index (χ4n) is 2.75. The molecule has 1 fully saturated rings. The molecule has 5 heteroatoms. The molecule has 1 N–H and O–H groups in total. The van der Waals surface area contributed by atoms with Crippen LogP contribution in [0.5, 0.6) is 0 Å². The van der Waals surface area contributed by atoms with Gasteiger partial charge in [-0.1, -0.05) is 18.2 Å². The van der Waals surface area contributed by atoms with Crippen LogP contribution in [0.4, 0.5) is 5.69 Å². The fourth-order valence-corrected chi connectivity index (χ4v) is 3.11. The zero-order valence-corrected chi connectivity index (χ0v) is 13.8. The predicted octanol–water partition coefficient (Wildman–Crippen LogP) is 3.10. The maximum atomic E-state index is 12.1. The fraction of sp³-hybridized carbons (Fsp3) is 0.294. The zero-order chi connectivity index (χ0) is 15.4. The summed E-state index contributed by atoms with van der Waals surface area (Å²) in [7, 11) is 0. The lowest BCUT2D eigenvalue weighted by Gasteiger charge is -2.18. The molecule has 0 radical (unpaired) electrons. The van der Waals surface area contributed by atoms with Crippen LogP contribution in [0, 0.1) is 5.92 Å². The molecule has 1 amide bonds. The van der Waals surface area contributed by atoms with Crippen molar-refractivity contribution >= 4 is 27.5 Å². The van der Waals surface area contributed by atoms with Gasteiger partial charge in [0.05, 0.1) is 5.56 Å². The van der Waals surface area contributed by atoms with E-state index in [9.17, 15) is 4.79 Å². The van der Waals surface area contributed by atoms with Crippen LogP contribution in [0.15, 0.2) is 53.3 Å². The van der Waals surface area contributed by atoms with Gasteiger partial charge in [0.2, 0.25) is 0 Å². The largest absolute Gasteiger partial charge is 0.371 e. The number of hydrogen-bond donors (Lipinski definition) is 1. The lowest BCUT2D eigenvalue weighted by atomic mass is 10.1. The average Bonchev–Trinajstić information content (AvgIpc) is 3.02. The molecule has 1 aromatic carbocycles. The summed E-state index contributed by atoms with van der Waals surface area (Å²) in [5, 5.41) is 3.01. The van der Waals surface area contributed by atoms with E-state index >= 15 is 0 Å². The summed E-state index contributed by atoms with van der Waals surface area (Å²) in [6.07, 6.45) is 4.36. The van der Waals surface area contributed by atoms with Gasteiger partial charge >= 0.3 is 0 Å². The van der Waals surface area contributed by atoms with E-state index in [0.29, 0.717) is 18.0 Å². The van der Waals surface area contributed by atoms with Gasteiger partial charge in [0.25, 0.3) is 5.91 Å². The van der Waals surface area contributed by atoms with E-state index < -0.39 is 0 Å². The first-order valence-electron chi connectivity index (χ1n) is 7.41. The molecule has 1 aliphatic heterocycles. The molecule has 0 bridgehead atoms. The summed E-state index contributed by atoms with van der Waals surface area (Å²) in [6, 6.07) is 12.2. The van der Waals surface area contributed by atoms with Crippen molar-refractivity contribution in [1.29, 1.82) is 0 Å². The van der Waals surface area contributed by atoms with E-state index in [1.807, 2.05) is 6.07 Å². The van der Waals surface area contributed by atoms with Gasteiger partial charge in [-0.2, -0.15) is 0 Å². The summed E-state index contributed by atoms with van der Waals surface area (Å²) >= 11 is 3.33. The van der Waals surface area contributed by atoms with Crippen molar-refractivity contribution in [3.05, 3.63) is 58.8 Å². The van der Waals surface area contributed by atoms with Crippen LogP contribution in [-0.4, -0.2) is 30.5 Å². The first kappa shape index (κ1) is 15.0. The smallest absolute Gasteiger partial charge is 0.252 e. The molecule has 0 spiro atoms. The third-order valence-corrected chi connectivity index (χ3v) is 4.36. The monoisotopic (exact) mass is 359 g/mol. The first-order chi connectivity index (χ1) is 10.7. The molecule has 1 aliphatic rings. The number of hydrogen-bond acceptors (Lipinski definition) is 3. The Morgan fingerprint density at radius 3 is 2.91 bits per heavy atom. The number of pyridine rings is 1. The van der Waals surface area contributed by atoms with Gasteiger partial charge in [0.15, 0.2) is 0 Å². The number of nitrogens with one attached hydrogen (secondary N) is 1. The highest BCUT2D eigenvalue weighted by Gasteiger charge is 2.23. The number of halogens is 1. The topological polar surface area (TPSA) is 45.2 Å². The zero-order valence-electron chi connectivity index (χ0n) is 12.2. The molecule has 22 heavy (non-hydrogen) atoms. The van der Waals surface area contributed by atoms with E-state index in [1.54, 1.807) is 18.5 Å². The number of anilines is 1. The van der Waals surface area contributed by atoms with Crippen molar-refractivity contribution in [2.75, 3.05) is 24.5 Å². The van der Waals surface area contributed by atoms with Crippen LogP contribution < -0.4 is 10.2 Å². The molecular weight excluding hydrogens is 342 g/mol. The number of rotatable bonds is 4. The SMILES string of the molecule is O=C(NC[C@@H]1CCN(c2ccccc2)C1)c1cncc(Br)c1. The molecule has 2 heterocycles. The van der Waals surface area contributed by atoms with E-state index in [-0.39, 0.29) is 5.91 Å². The van der Waals surface area contributed by atoms with Crippen molar-refractivity contribution in [2.24, 2.45) is 5.92 Å². The van der Waals surface area contributed by atoms with Gasteiger partial charge in [-0.15, -0.1) is 0 Å². The second kappa shape index (κ2) is 6.92. The van der Waals surface area contributed by atoms with Gasteiger partial charge in [-0.05, 0) is 46.5 Å². The summed E-state index contributed by atoms with van der Waals surface area (Å²) < 4.78 is 0.816. The molecule has 1 saturated heterocycles. The third kappa shape index (κ3) is 3.65. The number of nitrogens with zero attached hydrogens (tertiary/aromatic N) is 2. The Labute approximate surface area is 138 Å². The quantitative estimate of drug-likeness (QED) is 0.912. The summed E-state index contributed by atoms with van der Waals surface area (Å²) in [5.74, 6) is 0.427. The summed E-state index contributed by atoms with van der Waals surface area (Å²) in [5.41, 5.74) is 1.85. The van der Waals surface area contributed by atoms with Crippen LogP contribution in [0.25, 0.3) is 0 Å². The second-order valence-corrected chi connectivity index (χ2v) is 6.45. The molecule has 1 atom stereocenters. The molecule has 1 aromatic heterocycles. The Kier molecular flexibility index (Phi) is 4.73. The Morgan fingerprint density at radius 1 is 1.32 bits per heavy atom. The summed E-state index contributed by atoms with van der Waals surface area (Å²) in [4.78, 5) is 18.5. The normalized spacial score (nSPS) is 17.5. The number of benzene rings is 1. The minimum atomic E-state index is -0.0630. The number of amides is 1. The van der Waals surface area contributed by atoms with Crippen molar-refractivity contribution in [1.82, 2.24) is 10.3 Å². The Hall–Kier alpha value is -1.88. The standard InChI is InChI=1S/C17H18BrN3O/c18-15-8-14(10-19-11-15)17(22)20-9-13-6-7-21(12-13)16-4-2-1-3-5-16/h1-5,8,10-11,13H,6-7,9,12H2,(H,20,22)/t13-/m0/s1. The molecular formula is C17H18BrN3O. The van der Waals surface area contributed by atoms with E-state index in [4.69, 9.17) is 0 Å². The average molecular weight is 360 g/mol. The van der Waals surface area contributed by atoms with Crippen molar-refractivity contribution in [3.63, 3.8) is 0 Å². The van der Waals surface area contributed by atoms with Gasteiger partial charge < -0.3 is 10.2 Å². The predicted molar refractivity (Wildman–Crippen MR) is 91.0 cm³/mol. The van der Waals surface area contributed by atoms with Crippen LogP contribution in [0.2, 0.25) is 0 Å². The van der Waals surface area contributed by atoms with E-state index in [1.165, 1.54) is 5.69 Å². The molecule has 0 unspecified atom stereocenters. The lowest BCUT2D eigenvalue weighted by molar-refractivity contribution is 0.0948. The van der Waals surface area contributed by atoms with Crippen LogP contribution >= 0.6 is 15.9 Å². The van der Waals surface area contributed by atoms with Gasteiger partial charge in [0.1, 0.15) is 0 Å². The Bertz CT molecular complexity index is 647. The molecule has 0 aliphatic carbocycles. The number of carbonyl (C=O) groups is 1. The molecule has 4 nitrogen and oxygen atoms in total. The summed E-state index contributed by atoms with van der Waals surface area (Å²) in [6.45, 7) is 2.73. The highest BCUT2D eigenvalue weighted by molar-refractivity contribution is 9.10. The molecule has 0 saturated carbocycles. The second-order valence-electron chi connectivity index (χ2n) is 5.54. The number of para-hydroxylation sites is 1. The molecule has 2 aromatic rings. The van der Waals surface area contributed by atoms with Crippen molar-refractivity contribution in [2.45, 2.75) is 6.42 Å². The van der Waals surface area contributed by atoms with Crippen LogP contribution in [0.3, 0.4) is 0 Å². The van der Waals surface area contributed by atoms with Gasteiger partial charge in [-0.3, -0.25) is 9.78 Å². The van der Waals surface area contributed by atoms with E-state index in [0.717, 1.165) is 24.0 Å². The maximum absolute atomic E-state index is 12.1. The number of carbonyl (C=O) groups excluding carboxylic acids is 1. The number of aromatic nitrogens is 1. The van der Waals surface area contributed by atoms with Gasteiger partial charge in [-0.25, -0.2) is 0 Å². The van der Waals surface area contributed by atoms with Crippen molar-refractivity contribution in [3.8, 4) is 0 Å². The van der Waals surface area contributed by atoms with E-state index in [2.05, 4.69) is 55.4 Å². The minimum absolute atomic E-state index is 0.0630. The highest BCUT2D eigenvalue weighted by atomic mass is 79.9. The Balaban J connectivity index is 1.52. The lowest BCUT2D eigenvalue weighted by Crippen LogP contribution is -2.31. The van der Waals surface area contributed by atoms with Crippen LogP contribution in [-0.2, 0) is 0 Å². The Morgan fingerprint density at radius 2 is 2.14 bits per heavy atom. The van der Waals surface area contributed by atoms with Crippen molar-refractivity contribution < 1.29 is 4.79 Å².